The van der Waals surface area contributed by atoms with E-state index in [1.54, 1.807) is 6.07 Å². The number of nitrogens with zero attached hydrogens (tertiary/aromatic N) is 2. The van der Waals surface area contributed by atoms with E-state index in [1.807, 2.05) is 26.0 Å². The van der Waals surface area contributed by atoms with Gasteiger partial charge in [-0.15, -0.1) is 0 Å². The lowest BCUT2D eigenvalue weighted by molar-refractivity contribution is 0.0946. The molecule has 1 aromatic heterocycles. The molecule has 3 aromatic rings. The summed E-state index contributed by atoms with van der Waals surface area (Å²) in [5.41, 5.74) is 2.72. The van der Waals surface area contributed by atoms with Crippen LogP contribution >= 0.6 is 0 Å². The smallest absolute Gasteiger partial charge is 0.257 e. The molecule has 142 valence electrons. The molecule has 28 heavy (non-hydrogen) atoms. The minimum absolute atomic E-state index is 0.101. The third-order valence-electron chi connectivity index (χ3n) is 4.44. The molecule has 0 atom stereocenters. The molecule has 0 bridgehead atoms. The molecule has 0 spiro atoms. The highest BCUT2D eigenvalue weighted by molar-refractivity contribution is 5.94. The van der Waals surface area contributed by atoms with Gasteiger partial charge in [-0.05, 0) is 55.3 Å². The second kappa shape index (κ2) is 8.01. The van der Waals surface area contributed by atoms with Crippen molar-refractivity contribution in [3.63, 3.8) is 0 Å². The largest absolute Gasteiger partial charge is 0.367 e. The first-order chi connectivity index (χ1) is 13.4. The number of amides is 1. The molecule has 5 nitrogen and oxygen atoms in total. The number of halogens is 2. The monoisotopic (exact) mass is 380 g/mol. The van der Waals surface area contributed by atoms with Crippen LogP contribution in [0.4, 0.5) is 14.6 Å². The molecule has 0 radical (unpaired) electrons. The van der Waals surface area contributed by atoms with Gasteiger partial charge in [0.2, 0.25) is 0 Å². The van der Waals surface area contributed by atoms with E-state index in [0.717, 1.165) is 34.2 Å². The predicted octanol–water partition coefficient (Wildman–Crippen LogP) is 3.84. The van der Waals surface area contributed by atoms with Crippen LogP contribution in [0.1, 0.15) is 27.0 Å². The summed E-state index contributed by atoms with van der Waals surface area (Å²) in [5.74, 6) is -2.28. The van der Waals surface area contributed by atoms with Crippen molar-refractivity contribution >= 4 is 22.6 Å². The van der Waals surface area contributed by atoms with Gasteiger partial charge >= 0.3 is 0 Å². The highest BCUT2D eigenvalue weighted by atomic mass is 19.1. The van der Waals surface area contributed by atoms with E-state index in [4.69, 9.17) is 0 Å². The summed E-state index contributed by atoms with van der Waals surface area (Å²) in [6, 6.07) is 11.0. The summed E-state index contributed by atoms with van der Waals surface area (Å²) in [5, 5.41) is 15.7. The molecule has 0 fully saturated rings. The van der Waals surface area contributed by atoms with Crippen LogP contribution < -0.4 is 10.6 Å². The van der Waals surface area contributed by atoms with Gasteiger partial charge in [0.1, 0.15) is 29.1 Å². The number of anilines is 1. The number of nitriles is 1. The number of carbonyl (C=O) groups is 1. The SMILES string of the molecule is Cc1cc2cc(C#N)c(NCCNC(=O)c3c(F)cccc3F)nc2cc1C. The molecule has 3 rings (SSSR count). The molecule has 0 aliphatic rings. The number of carbonyl (C=O) groups excluding carboxylic acids is 1. The number of hydrogen-bond acceptors (Lipinski definition) is 4. The molecule has 7 heteroatoms. The van der Waals surface area contributed by atoms with E-state index in [-0.39, 0.29) is 13.1 Å². The van der Waals surface area contributed by atoms with Crippen molar-refractivity contribution in [1.29, 1.82) is 5.26 Å². The maximum Gasteiger partial charge on any atom is 0.257 e. The van der Waals surface area contributed by atoms with Crippen molar-refractivity contribution in [2.24, 2.45) is 0 Å². The van der Waals surface area contributed by atoms with Gasteiger partial charge in [0.25, 0.3) is 5.91 Å². The number of aryl methyl sites for hydroxylation is 2. The van der Waals surface area contributed by atoms with Gasteiger partial charge in [-0.3, -0.25) is 4.79 Å². The lowest BCUT2D eigenvalue weighted by Crippen LogP contribution is -2.30. The molecule has 0 saturated heterocycles. The first-order valence-electron chi connectivity index (χ1n) is 8.69. The van der Waals surface area contributed by atoms with Gasteiger partial charge in [0.15, 0.2) is 0 Å². The highest BCUT2D eigenvalue weighted by Gasteiger charge is 2.16. The van der Waals surface area contributed by atoms with Gasteiger partial charge in [-0.1, -0.05) is 6.07 Å². The number of hydrogen-bond donors (Lipinski definition) is 2. The molecule has 0 aliphatic heterocycles. The lowest BCUT2D eigenvalue weighted by Gasteiger charge is -2.11. The predicted molar refractivity (Wildman–Crippen MR) is 103 cm³/mol. The Bertz CT molecular complexity index is 1090. The zero-order valence-corrected chi connectivity index (χ0v) is 15.4. The fraction of sp³-hybridized carbons (Fsp3) is 0.190. The third kappa shape index (κ3) is 3.91. The normalized spacial score (nSPS) is 10.5. The maximum atomic E-state index is 13.6. The summed E-state index contributed by atoms with van der Waals surface area (Å²) in [6.45, 7) is 4.32. The number of nitrogens with one attached hydrogen (secondary N) is 2. The molecule has 1 heterocycles. The van der Waals surface area contributed by atoms with Crippen LogP contribution in [0.15, 0.2) is 36.4 Å². The van der Waals surface area contributed by atoms with E-state index in [0.29, 0.717) is 11.4 Å². The zero-order chi connectivity index (χ0) is 20.3. The minimum atomic E-state index is -0.918. The number of fused-ring (bicyclic) bond motifs is 1. The molecule has 0 aliphatic carbocycles. The Morgan fingerprint density at radius 1 is 1.11 bits per heavy atom. The quantitative estimate of drug-likeness (QED) is 0.659. The van der Waals surface area contributed by atoms with E-state index in [9.17, 15) is 18.8 Å². The van der Waals surface area contributed by atoms with Crippen LogP contribution in [0.2, 0.25) is 0 Å². The molecule has 1 amide bonds. The summed E-state index contributed by atoms with van der Waals surface area (Å²) in [6.07, 6.45) is 0. The molecule has 2 N–H and O–H groups in total. The summed E-state index contributed by atoms with van der Waals surface area (Å²) in [4.78, 5) is 16.5. The molecular formula is C21H18F2N4O. The van der Waals surface area contributed by atoms with Crippen molar-refractivity contribution in [1.82, 2.24) is 10.3 Å². The second-order valence-electron chi connectivity index (χ2n) is 6.40. The fourth-order valence-corrected chi connectivity index (χ4v) is 2.82. The Balaban J connectivity index is 1.69. The summed E-state index contributed by atoms with van der Waals surface area (Å²) < 4.78 is 27.2. The number of benzene rings is 2. The fourth-order valence-electron chi connectivity index (χ4n) is 2.82. The highest BCUT2D eigenvalue weighted by Crippen LogP contribution is 2.23. The van der Waals surface area contributed by atoms with Gasteiger partial charge in [0.05, 0.1) is 11.1 Å². The van der Waals surface area contributed by atoms with Crippen molar-refractivity contribution in [3.05, 3.63) is 70.3 Å². The Hall–Kier alpha value is -3.53. The van der Waals surface area contributed by atoms with Crippen molar-refractivity contribution in [2.75, 3.05) is 18.4 Å². The van der Waals surface area contributed by atoms with Crippen LogP contribution in [-0.4, -0.2) is 24.0 Å². The minimum Gasteiger partial charge on any atom is -0.367 e. The Morgan fingerprint density at radius 2 is 1.79 bits per heavy atom. The van der Waals surface area contributed by atoms with E-state index < -0.39 is 23.1 Å². The van der Waals surface area contributed by atoms with Crippen LogP contribution in [0.5, 0.6) is 0 Å². The number of pyridine rings is 1. The van der Waals surface area contributed by atoms with Crippen LogP contribution in [0.3, 0.4) is 0 Å². The summed E-state index contributed by atoms with van der Waals surface area (Å²) >= 11 is 0. The number of aromatic nitrogens is 1. The third-order valence-corrected chi connectivity index (χ3v) is 4.44. The van der Waals surface area contributed by atoms with E-state index in [2.05, 4.69) is 21.7 Å². The topological polar surface area (TPSA) is 77.8 Å². The number of rotatable bonds is 5. The average molecular weight is 380 g/mol. The standard InChI is InChI=1S/C21H18F2N4O/c1-12-8-14-10-15(11-24)20(27-18(14)9-13(12)2)25-6-7-26-21(28)19-16(22)4-3-5-17(19)23/h3-5,8-10H,6-7H2,1-2H3,(H,25,27)(H,26,28). The Labute approximate surface area is 161 Å². The van der Waals surface area contributed by atoms with Crippen molar-refractivity contribution < 1.29 is 13.6 Å². The van der Waals surface area contributed by atoms with E-state index >= 15 is 0 Å². The summed E-state index contributed by atoms with van der Waals surface area (Å²) in [7, 11) is 0. The van der Waals surface area contributed by atoms with Crippen LogP contribution in [0.25, 0.3) is 10.9 Å². The molecule has 0 unspecified atom stereocenters. The van der Waals surface area contributed by atoms with Crippen LogP contribution in [-0.2, 0) is 0 Å². The maximum absolute atomic E-state index is 13.6. The molecule has 2 aromatic carbocycles. The average Bonchev–Trinajstić information content (AvgIpc) is 2.65. The van der Waals surface area contributed by atoms with Crippen molar-refractivity contribution in [2.45, 2.75) is 13.8 Å². The van der Waals surface area contributed by atoms with Crippen molar-refractivity contribution in [3.8, 4) is 6.07 Å². The molecule has 0 saturated carbocycles. The first kappa shape index (κ1) is 19.2. The second-order valence-corrected chi connectivity index (χ2v) is 6.40. The Kier molecular flexibility index (Phi) is 5.50. The Morgan fingerprint density at radius 3 is 2.46 bits per heavy atom. The zero-order valence-electron chi connectivity index (χ0n) is 15.4. The lowest BCUT2D eigenvalue weighted by atomic mass is 10.0. The van der Waals surface area contributed by atoms with Gasteiger partial charge in [0, 0.05) is 18.5 Å². The van der Waals surface area contributed by atoms with Crippen LogP contribution in [0, 0.1) is 36.8 Å². The van der Waals surface area contributed by atoms with E-state index in [1.165, 1.54) is 6.07 Å². The van der Waals surface area contributed by atoms with Gasteiger partial charge in [-0.25, -0.2) is 13.8 Å². The van der Waals surface area contributed by atoms with Gasteiger partial charge < -0.3 is 10.6 Å². The van der Waals surface area contributed by atoms with Gasteiger partial charge in [-0.2, -0.15) is 5.26 Å². The first-order valence-corrected chi connectivity index (χ1v) is 8.69. The molecular weight excluding hydrogens is 362 g/mol.